The van der Waals surface area contributed by atoms with Crippen molar-refractivity contribution in [2.24, 2.45) is 5.92 Å². The number of piperidine rings is 1. The normalized spacial score (nSPS) is 23.1. The Labute approximate surface area is 163 Å². The Morgan fingerprint density at radius 3 is 2.70 bits per heavy atom. The van der Waals surface area contributed by atoms with Crippen LogP contribution in [0.2, 0.25) is 0 Å². The van der Waals surface area contributed by atoms with Crippen molar-refractivity contribution in [1.82, 2.24) is 24.8 Å². The van der Waals surface area contributed by atoms with Gasteiger partial charge in [0.15, 0.2) is 0 Å². The van der Waals surface area contributed by atoms with Gasteiger partial charge in [0.1, 0.15) is 0 Å². The van der Waals surface area contributed by atoms with E-state index in [9.17, 15) is 4.79 Å². The van der Waals surface area contributed by atoms with Gasteiger partial charge in [-0.2, -0.15) is 0 Å². The summed E-state index contributed by atoms with van der Waals surface area (Å²) in [5, 5.41) is 5.25. The highest BCUT2D eigenvalue weighted by atomic mass is 32.1. The summed E-state index contributed by atoms with van der Waals surface area (Å²) >= 11 is 1.58. The zero-order chi connectivity index (χ0) is 18.8. The number of nitrogens with zero attached hydrogens (tertiary/aromatic N) is 5. The first-order chi connectivity index (χ1) is 13.1. The van der Waals surface area contributed by atoms with Gasteiger partial charge in [-0.15, -0.1) is 11.3 Å². The molecular weight excluding hydrogens is 360 g/mol. The van der Waals surface area contributed by atoms with Crippen LogP contribution in [0.1, 0.15) is 37.9 Å². The molecular formula is C19H26N6OS. The second-order valence-corrected chi connectivity index (χ2v) is 8.50. The third-order valence-electron chi connectivity index (χ3n) is 5.21. The molecule has 7 nitrogen and oxygen atoms in total. The van der Waals surface area contributed by atoms with Gasteiger partial charge in [-0.3, -0.25) is 9.69 Å². The molecule has 2 atom stereocenters. The Bertz CT molecular complexity index is 763. The maximum Gasteiger partial charge on any atom is 0.227 e. The Hall–Kier alpha value is -2.06. The van der Waals surface area contributed by atoms with Crippen LogP contribution in [0.15, 0.2) is 23.3 Å². The molecule has 0 spiro atoms. The number of anilines is 1. The molecule has 3 aliphatic rings. The lowest BCUT2D eigenvalue weighted by molar-refractivity contribution is -0.140. The van der Waals surface area contributed by atoms with Crippen molar-refractivity contribution in [3.8, 4) is 0 Å². The van der Waals surface area contributed by atoms with Gasteiger partial charge in [-0.05, 0) is 26.7 Å². The Morgan fingerprint density at radius 1 is 1.19 bits per heavy atom. The molecule has 0 saturated carbocycles. The number of thiazole rings is 1. The van der Waals surface area contributed by atoms with Gasteiger partial charge in [0.25, 0.3) is 0 Å². The molecule has 5 rings (SSSR count). The summed E-state index contributed by atoms with van der Waals surface area (Å²) in [4.78, 5) is 30.5. The molecule has 0 aliphatic carbocycles. The van der Waals surface area contributed by atoms with Crippen molar-refractivity contribution in [2.75, 3.05) is 18.4 Å². The van der Waals surface area contributed by atoms with Crippen molar-refractivity contribution in [2.45, 2.75) is 51.9 Å². The monoisotopic (exact) mass is 386 g/mol. The second kappa shape index (κ2) is 7.90. The molecule has 5 heterocycles. The Kier molecular flexibility index (Phi) is 5.36. The molecule has 2 bridgehead atoms. The highest BCUT2D eigenvalue weighted by Gasteiger charge is 2.40. The molecule has 0 radical (unpaired) electrons. The molecule has 2 aromatic heterocycles. The summed E-state index contributed by atoms with van der Waals surface area (Å²) in [5.41, 5.74) is 3.91. The van der Waals surface area contributed by atoms with Crippen molar-refractivity contribution in [3.63, 3.8) is 0 Å². The van der Waals surface area contributed by atoms with Gasteiger partial charge in [-0.1, -0.05) is 0 Å². The molecule has 144 valence electrons. The average molecular weight is 387 g/mol. The molecule has 0 unspecified atom stereocenters. The Morgan fingerprint density at radius 2 is 2.00 bits per heavy atom. The molecule has 1 N–H and O–H groups in total. The van der Waals surface area contributed by atoms with Crippen LogP contribution in [0.4, 0.5) is 5.95 Å². The van der Waals surface area contributed by atoms with E-state index in [1.807, 2.05) is 23.3 Å². The molecule has 3 aliphatic heterocycles. The van der Waals surface area contributed by atoms with Crippen molar-refractivity contribution in [3.05, 3.63) is 34.5 Å². The standard InChI is InChI=1S/C19H26N6OS/c1-13(2)23-19-20-5-14(6-21-19)7-24-8-15-3-4-17(10-24)25(18(15)26)9-16-11-27-12-22-16/h5-6,11-13,15,17H,3-4,7-10H2,1-2H3,(H,20,21,23)/t15-,17+/m0/s1. The molecule has 27 heavy (non-hydrogen) atoms. The SMILES string of the molecule is CC(C)Nc1ncc(CN2C[C@@H]3CC[C@H](C2)N(Cc2cscn2)C3=O)cn1. The number of carbonyl (C=O) groups is 1. The summed E-state index contributed by atoms with van der Waals surface area (Å²) in [6.45, 7) is 7.27. The van der Waals surface area contributed by atoms with E-state index in [0.29, 0.717) is 18.5 Å². The lowest BCUT2D eigenvalue weighted by atomic mass is 9.94. The van der Waals surface area contributed by atoms with Crippen LogP contribution < -0.4 is 5.32 Å². The van der Waals surface area contributed by atoms with Gasteiger partial charge in [0.05, 0.1) is 23.7 Å². The van der Waals surface area contributed by atoms with Gasteiger partial charge >= 0.3 is 0 Å². The molecule has 2 aromatic rings. The average Bonchev–Trinajstić information content (AvgIpc) is 3.02. The molecule has 3 fully saturated rings. The van der Waals surface area contributed by atoms with Crippen LogP contribution in [0.5, 0.6) is 0 Å². The summed E-state index contributed by atoms with van der Waals surface area (Å²) in [7, 11) is 0. The maximum absolute atomic E-state index is 12.9. The zero-order valence-corrected chi connectivity index (χ0v) is 16.7. The first kappa shape index (κ1) is 18.3. The van der Waals surface area contributed by atoms with E-state index >= 15 is 0 Å². The van der Waals surface area contributed by atoms with Crippen molar-refractivity contribution < 1.29 is 4.79 Å². The maximum atomic E-state index is 12.9. The smallest absolute Gasteiger partial charge is 0.227 e. The fourth-order valence-corrected chi connectivity index (χ4v) is 4.53. The predicted octanol–water partition coefficient (Wildman–Crippen LogP) is 2.38. The number of hydrogen-bond acceptors (Lipinski definition) is 7. The quantitative estimate of drug-likeness (QED) is 0.822. The van der Waals surface area contributed by atoms with Gasteiger partial charge < -0.3 is 10.2 Å². The van der Waals surface area contributed by atoms with Crippen LogP contribution >= 0.6 is 11.3 Å². The zero-order valence-electron chi connectivity index (χ0n) is 15.8. The summed E-state index contributed by atoms with van der Waals surface area (Å²) in [6, 6.07) is 0.576. The highest BCUT2D eigenvalue weighted by molar-refractivity contribution is 7.07. The third-order valence-corrected chi connectivity index (χ3v) is 5.85. The van der Waals surface area contributed by atoms with Crippen LogP contribution in [0.25, 0.3) is 0 Å². The van der Waals surface area contributed by atoms with E-state index in [1.54, 1.807) is 11.3 Å². The molecule has 0 aromatic carbocycles. The fourth-order valence-electron chi connectivity index (χ4n) is 3.98. The van der Waals surface area contributed by atoms with E-state index < -0.39 is 0 Å². The van der Waals surface area contributed by atoms with Crippen LogP contribution in [0, 0.1) is 5.92 Å². The number of nitrogens with one attached hydrogen (secondary N) is 1. The lowest BCUT2D eigenvalue weighted by Gasteiger charge is -2.35. The first-order valence-corrected chi connectivity index (χ1v) is 10.5. The molecule has 1 amide bonds. The van der Waals surface area contributed by atoms with Crippen molar-refractivity contribution in [1.29, 1.82) is 0 Å². The fraction of sp³-hybridized carbons (Fsp3) is 0.579. The van der Waals surface area contributed by atoms with Crippen LogP contribution in [-0.2, 0) is 17.9 Å². The number of aromatic nitrogens is 3. The number of fused-ring (bicyclic) bond motifs is 4. The minimum atomic E-state index is 0.0881. The van der Waals surface area contributed by atoms with E-state index in [1.165, 1.54) is 0 Å². The molecule has 3 saturated heterocycles. The minimum Gasteiger partial charge on any atom is -0.352 e. The minimum absolute atomic E-state index is 0.0881. The number of rotatable bonds is 6. The van der Waals surface area contributed by atoms with E-state index in [0.717, 1.165) is 43.7 Å². The van der Waals surface area contributed by atoms with Gasteiger partial charge in [-0.25, -0.2) is 15.0 Å². The topological polar surface area (TPSA) is 74.2 Å². The number of amides is 1. The summed E-state index contributed by atoms with van der Waals surface area (Å²) in [6.07, 6.45) is 5.84. The van der Waals surface area contributed by atoms with Crippen molar-refractivity contribution >= 4 is 23.2 Å². The summed E-state index contributed by atoms with van der Waals surface area (Å²) < 4.78 is 0. The predicted molar refractivity (Wildman–Crippen MR) is 105 cm³/mol. The summed E-state index contributed by atoms with van der Waals surface area (Å²) in [5.74, 6) is 1.04. The number of carbonyl (C=O) groups excluding carboxylic acids is 1. The molecule has 8 heteroatoms. The second-order valence-electron chi connectivity index (χ2n) is 7.78. The third kappa shape index (κ3) is 4.27. The first-order valence-electron chi connectivity index (χ1n) is 9.56. The van der Waals surface area contributed by atoms with Gasteiger partial charge in [0, 0.05) is 55.1 Å². The lowest BCUT2D eigenvalue weighted by Crippen LogP contribution is -2.47. The van der Waals surface area contributed by atoms with E-state index in [2.05, 4.69) is 43.9 Å². The largest absolute Gasteiger partial charge is 0.352 e. The van der Waals surface area contributed by atoms with Crippen LogP contribution in [0.3, 0.4) is 0 Å². The van der Waals surface area contributed by atoms with Gasteiger partial charge in [0.2, 0.25) is 11.9 Å². The Balaban J connectivity index is 1.43. The highest BCUT2D eigenvalue weighted by Crippen LogP contribution is 2.31. The van der Waals surface area contributed by atoms with E-state index in [4.69, 9.17) is 0 Å². The van der Waals surface area contributed by atoms with Crippen LogP contribution in [-0.4, -0.2) is 55.8 Å². The number of hydrogen-bond donors (Lipinski definition) is 1. The van der Waals surface area contributed by atoms with E-state index in [-0.39, 0.29) is 17.9 Å².